The van der Waals surface area contributed by atoms with Crippen LogP contribution in [0.5, 0.6) is 0 Å². The summed E-state index contributed by atoms with van der Waals surface area (Å²) in [6, 6.07) is 4.89. The number of ether oxygens (including phenoxy) is 1. The molecule has 0 spiro atoms. The van der Waals surface area contributed by atoms with Gasteiger partial charge in [-0.2, -0.15) is 0 Å². The van der Waals surface area contributed by atoms with Crippen LogP contribution in [-0.2, 0) is 4.74 Å². The van der Waals surface area contributed by atoms with E-state index < -0.39 is 0 Å². The van der Waals surface area contributed by atoms with Gasteiger partial charge in [-0.25, -0.2) is 4.39 Å². The van der Waals surface area contributed by atoms with E-state index in [9.17, 15) is 4.39 Å². The number of hydrogen-bond donors (Lipinski definition) is 1. The van der Waals surface area contributed by atoms with Crippen molar-refractivity contribution in [2.45, 2.75) is 18.9 Å². The second-order valence-corrected chi connectivity index (χ2v) is 4.44. The van der Waals surface area contributed by atoms with Gasteiger partial charge in [-0.05, 0) is 31.5 Å². The van der Waals surface area contributed by atoms with Crippen molar-refractivity contribution in [3.63, 3.8) is 0 Å². The molecule has 2 nitrogen and oxygen atoms in total. The summed E-state index contributed by atoms with van der Waals surface area (Å²) in [5.41, 5.74) is 1.62. The summed E-state index contributed by atoms with van der Waals surface area (Å²) in [7, 11) is 1.81. The first-order valence-corrected chi connectivity index (χ1v) is 6.03. The van der Waals surface area contributed by atoms with Gasteiger partial charge in [0.2, 0.25) is 0 Å². The molecule has 1 aromatic carbocycles. The maximum atomic E-state index is 14.0. The molecule has 1 aromatic rings. The molecule has 1 heterocycles. The molecule has 0 amide bonds. The molecule has 1 unspecified atom stereocenters. The maximum Gasteiger partial charge on any atom is 0.146 e. The van der Waals surface area contributed by atoms with Crippen LogP contribution in [0.4, 0.5) is 4.39 Å². The number of nitrogens with one attached hydrogen (secondary N) is 1. The van der Waals surface area contributed by atoms with Crippen molar-refractivity contribution in [3.05, 3.63) is 46.4 Å². The molecule has 1 N–H and O–H groups in total. The van der Waals surface area contributed by atoms with Crippen LogP contribution in [0.3, 0.4) is 0 Å². The van der Waals surface area contributed by atoms with Crippen LogP contribution in [0.25, 0.3) is 0 Å². The lowest BCUT2D eigenvalue weighted by Gasteiger charge is -2.23. The van der Waals surface area contributed by atoms with E-state index in [1.165, 1.54) is 0 Å². The van der Waals surface area contributed by atoms with E-state index in [1.807, 2.05) is 0 Å². The summed E-state index contributed by atoms with van der Waals surface area (Å²) in [6.07, 6.45) is 3.61. The lowest BCUT2D eigenvalue weighted by atomic mass is 9.95. The second kappa shape index (κ2) is 5.52. The molecule has 1 aliphatic rings. The van der Waals surface area contributed by atoms with Gasteiger partial charge in [-0.1, -0.05) is 23.7 Å². The third-order valence-corrected chi connectivity index (χ3v) is 3.21. The molecule has 1 atom stereocenters. The quantitative estimate of drug-likeness (QED) is 0.894. The SMILES string of the molecule is CNC(C1=COCCC1)c1cccc(Cl)c1F. The summed E-state index contributed by atoms with van der Waals surface area (Å²) in [5, 5.41) is 3.26. The van der Waals surface area contributed by atoms with Crippen molar-refractivity contribution in [2.75, 3.05) is 13.7 Å². The fourth-order valence-corrected chi connectivity index (χ4v) is 2.26. The molecular formula is C13H15ClFNO. The fourth-order valence-electron chi connectivity index (χ4n) is 2.08. The first-order valence-electron chi connectivity index (χ1n) is 5.65. The first kappa shape index (κ1) is 12.4. The van der Waals surface area contributed by atoms with E-state index in [0.29, 0.717) is 5.56 Å². The molecule has 0 fully saturated rings. The zero-order valence-electron chi connectivity index (χ0n) is 9.67. The van der Waals surface area contributed by atoms with Gasteiger partial charge in [0.25, 0.3) is 0 Å². The fraction of sp³-hybridized carbons (Fsp3) is 0.385. The Bertz CT molecular complexity index is 433. The third-order valence-electron chi connectivity index (χ3n) is 2.91. The lowest BCUT2D eigenvalue weighted by Crippen LogP contribution is -2.22. The highest BCUT2D eigenvalue weighted by Gasteiger charge is 2.21. The zero-order valence-corrected chi connectivity index (χ0v) is 10.4. The van der Waals surface area contributed by atoms with Gasteiger partial charge in [0, 0.05) is 5.56 Å². The van der Waals surface area contributed by atoms with E-state index in [0.717, 1.165) is 25.0 Å². The van der Waals surface area contributed by atoms with Gasteiger partial charge >= 0.3 is 0 Å². The Morgan fingerprint density at radius 1 is 1.47 bits per heavy atom. The largest absolute Gasteiger partial charge is 0.501 e. The molecule has 0 bridgehead atoms. The standard InChI is InChI=1S/C13H15ClFNO/c1-16-13(9-4-3-7-17-8-9)10-5-2-6-11(14)12(10)15/h2,5-6,8,13,16H,3-4,7H2,1H3. The summed E-state index contributed by atoms with van der Waals surface area (Å²) in [4.78, 5) is 0. The summed E-state index contributed by atoms with van der Waals surface area (Å²) < 4.78 is 19.3. The minimum atomic E-state index is -0.361. The number of hydrogen-bond acceptors (Lipinski definition) is 2. The Morgan fingerprint density at radius 2 is 2.29 bits per heavy atom. The Balaban J connectivity index is 2.34. The van der Waals surface area contributed by atoms with Crippen LogP contribution in [0.15, 0.2) is 30.0 Å². The van der Waals surface area contributed by atoms with Gasteiger partial charge in [0.1, 0.15) is 5.82 Å². The number of halogens is 2. The molecule has 92 valence electrons. The van der Waals surface area contributed by atoms with E-state index in [-0.39, 0.29) is 16.9 Å². The van der Waals surface area contributed by atoms with E-state index in [1.54, 1.807) is 31.5 Å². The molecule has 0 aromatic heterocycles. The minimum Gasteiger partial charge on any atom is -0.501 e. The van der Waals surface area contributed by atoms with Crippen LogP contribution >= 0.6 is 11.6 Å². The molecule has 0 radical (unpaired) electrons. The third kappa shape index (κ3) is 2.61. The van der Waals surface area contributed by atoms with Crippen molar-refractivity contribution >= 4 is 11.6 Å². The predicted octanol–water partition coefficient (Wildman–Crippen LogP) is 3.43. The highest BCUT2D eigenvalue weighted by Crippen LogP contribution is 2.31. The van der Waals surface area contributed by atoms with Gasteiger partial charge in [-0.15, -0.1) is 0 Å². The summed E-state index contributed by atoms with van der Waals surface area (Å²) >= 11 is 5.80. The first-order chi connectivity index (χ1) is 8.24. The lowest BCUT2D eigenvalue weighted by molar-refractivity contribution is 0.219. The van der Waals surface area contributed by atoms with Gasteiger partial charge in [0.15, 0.2) is 0 Å². The van der Waals surface area contributed by atoms with Gasteiger partial charge < -0.3 is 10.1 Å². The molecule has 0 saturated heterocycles. The van der Waals surface area contributed by atoms with Crippen LogP contribution < -0.4 is 5.32 Å². The topological polar surface area (TPSA) is 21.3 Å². The maximum absolute atomic E-state index is 14.0. The molecule has 0 saturated carbocycles. The minimum absolute atomic E-state index is 0.153. The Morgan fingerprint density at radius 3 is 2.94 bits per heavy atom. The highest BCUT2D eigenvalue weighted by atomic mass is 35.5. The van der Waals surface area contributed by atoms with Crippen LogP contribution in [0.2, 0.25) is 5.02 Å². The van der Waals surface area contributed by atoms with Crippen LogP contribution in [0, 0.1) is 5.82 Å². The van der Waals surface area contributed by atoms with Crippen LogP contribution in [0.1, 0.15) is 24.4 Å². The van der Waals surface area contributed by atoms with Crippen LogP contribution in [-0.4, -0.2) is 13.7 Å². The summed E-state index contributed by atoms with van der Waals surface area (Å²) in [5.74, 6) is -0.361. The average molecular weight is 256 g/mol. The van der Waals surface area contributed by atoms with Crippen molar-refractivity contribution in [3.8, 4) is 0 Å². The highest BCUT2D eigenvalue weighted by molar-refractivity contribution is 6.30. The van der Waals surface area contributed by atoms with Crippen molar-refractivity contribution < 1.29 is 9.13 Å². The van der Waals surface area contributed by atoms with Gasteiger partial charge in [-0.3, -0.25) is 0 Å². The smallest absolute Gasteiger partial charge is 0.146 e. The average Bonchev–Trinajstić information content (AvgIpc) is 2.37. The normalized spacial score (nSPS) is 17.2. The Hall–Kier alpha value is -1.06. The molecular weight excluding hydrogens is 241 g/mol. The van der Waals surface area contributed by atoms with Crippen molar-refractivity contribution in [2.24, 2.45) is 0 Å². The Kier molecular flexibility index (Phi) is 4.02. The number of likely N-dealkylation sites (N-methyl/N-ethyl adjacent to an activating group) is 1. The van der Waals surface area contributed by atoms with Crippen molar-refractivity contribution in [1.29, 1.82) is 0 Å². The van der Waals surface area contributed by atoms with Gasteiger partial charge in [0.05, 0.1) is 23.9 Å². The monoisotopic (exact) mass is 255 g/mol. The zero-order chi connectivity index (χ0) is 12.3. The van der Waals surface area contributed by atoms with E-state index in [4.69, 9.17) is 16.3 Å². The molecule has 1 aliphatic heterocycles. The molecule has 0 aliphatic carbocycles. The van der Waals surface area contributed by atoms with E-state index in [2.05, 4.69) is 5.32 Å². The number of benzene rings is 1. The second-order valence-electron chi connectivity index (χ2n) is 4.03. The molecule has 2 rings (SSSR count). The van der Waals surface area contributed by atoms with Crippen molar-refractivity contribution in [1.82, 2.24) is 5.32 Å². The molecule has 4 heteroatoms. The molecule has 17 heavy (non-hydrogen) atoms. The van der Waals surface area contributed by atoms with E-state index >= 15 is 0 Å². The Labute approximate surface area is 105 Å². The summed E-state index contributed by atoms with van der Waals surface area (Å²) in [6.45, 7) is 0.734. The number of rotatable bonds is 3. The predicted molar refractivity (Wildman–Crippen MR) is 66.5 cm³/mol.